The molecule has 120 valence electrons. The molecule has 0 unspecified atom stereocenters. The molecule has 0 saturated carbocycles. The van der Waals surface area contributed by atoms with E-state index < -0.39 is 23.7 Å². The fourth-order valence-corrected chi connectivity index (χ4v) is 2.47. The van der Waals surface area contributed by atoms with Crippen molar-refractivity contribution >= 4 is 45.5 Å². The van der Waals surface area contributed by atoms with E-state index in [0.717, 1.165) is 9.37 Å². The van der Waals surface area contributed by atoms with Crippen LogP contribution in [0.5, 0.6) is 0 Å². The molecule has 24 heavy (non-hydrogen) atoms. The minimum Gasteiger partial charge on any atom is -0.273 e. The van der Waals surface area contributed by atoms with Gasteiger partial charge in [0.1, 0.15) is 11.4 Å². The normalized spacial score (nSPS) is 16.5. The maximum absolute atomic E-state index is 13.0. The van der Waals surface area contributed by atoms with Gasteiger partial charge in [0.05, 0.1) is 5.69 Å². The number of amides is 4. The van der Waals surface area contributed by atoms with Gasteiger partial charge in [-0.2, -0.15) is 0 Å². The maximum Gasteiger partial charge on any atom is 0.335 e. The van der Waals surface area contributed by atoms with Gasteiger partial charge in [0.15, 0.2) is 0 Å². The molecule has 1 saturated heterocycles. The second-order valence-corrected chi connectivity index (χ2v) is 5.90. The summed E-state index contributed by atoms with van der Waals surface area (Å²) in [4.78, 5) is 37.5. The third kappa shape index (κ3) is 3.11. The topological polar surface area (TPSA) is 66.5 Å². The first-order valence-corrected chi connectivity index (χ1v) is 7.67. The number of nitrogens with one attached hydrogen (secondary N) is 1. The molecule has 2 aromatic rings. The van der Waals surface area contributed by atoms with Gasteiger partial charge in [-0.15, -0.1) is 0 Å². The van der Waals surface area contributed by atoms with Crippen molar-refractivity contribution < 1.29 is 18.8 Å². The average Bonchev–Trinajstić information content (AvgIpc) is 2.55. The molecular weight excluding hydrogens is 379 g/mol. The number of hydrogen-bond acceptors (Lipinski definition) is 3. The number of rotatable bonds is 2. The number of imide groups is 2. The van der Waals surface area contributed by atoms with Crippen molar-refractivity contribution in [2.75, 3.05) is 4.90 Å². The van der Waals surface area contributed by atoms with Crippen molar-refractivity contribution in [3.8, 4) is 0 Å². The van der Waals surface area contributed by atoms with Gasteiger partial charge < -0.3 is 0 Å². The van der Waals surface area contributed by atoms with Crippen LogP contribution < -0.4 is 10.2 Å². The van der Waals surface area contributed by atoms with Crippen LogP contribution in [0.15, 0.2) is 58.6 Å². The quantitative estimate of drug-likeness (QED) is 0.634. The van der Waals surface area contributed by atoms with Crippen LogP contribution in [0, 0.1) is 5.82 Å². The molecule has 1 N–H and O–H groups in total. The molecule has 1 aliphatic rings. The van der Waals surface area contributed by atoms with Gasteiger partial charge in [0, 0.05) is 4.47 Å². The van der Waals surface area contributed by atoms with Gasteiger partial charge in [0.2, 0.25) is 0 Å². The van der Waals surface area contributed by atoms with E-state index in [-0.39, 0.29) is 5.57 Å². The fraction of sp³-hybridized carbons (Fsp3) is 0. The van der Waals surface area contributed by atoms with E-state index in [2.05, 4.69) is 21.2 Å². The Kier molecular flexibility index (Phi) is 4.26. The summed E-state index contributed by atoms with van der Waals surface area (Å²) in [6.45, 7) is 0. The van der Waals surface area contributed by atoms with E-state index in [1.807, 2.05) is 0 Å². The Morgan fingerprint density at radius 2 is 1.58 bits per heavy atom. The van der Waals surface area contributed by atoms with Gasteiger partial charge in [-0.05, 0) is 48.0 Å². The fourth-order valence-electron chi connectivity index (χ4n) is 2.21. The minimum atomic E-state index is -0.816. The summed E-state index contributed by atoms with van der Waals surface area (Å²) in [6, 6.07) is 11.0. The van der Waals surface area contributed by atoms with Gasteiger partial charge in [-0.1, -0.05) is 28.1 Å². The van der Waals surface area contributed by atoms with Crippen LogP contribution in [0.3, 0.4) is 0 Å². The highest BCUT2D eigenvalue weighted by Crippen LogP contribution is 2.23. The summed E-state index contributed by atoms with van der Waals surface area (Å²) in [5, 5.41) is 2.13. The molecular formula is C17H10BrFN2O3. The lowest BCUT2D eigenvalue weighted by atomic mass is 10.1. The Balaban J connectivity index is 1.99. The van der Waals surface area contributed by atoms with Crippen LogP contribution in [-0.4, -0.2) is 17.8 Å². The Labute approximate surface area is 144 Å². The first kappa shape index (κ1) is 16.1. The average molecular weight is 389 g/mol. The van der Waals surface area contributed by atoms with E-state index in [4.69, 9.17) is 0 Å². The first-order valence-electron chi connectivity index (χ1n) is 6.88. The van der Waals surface area contributed by atoms with E-state index in [1.165, 1.54) is 30.3 Å². The molecule has 2 aromatic carbocycles. The minimum absolute atomic E-state index is 0.205. The molecule has 4 amide bonds. The molecule has 7 heteroatoms. The number of carbonyl (C=O) groups excluding carboxylic acids is 3. The molecule has 1 heterocycles. The van der Waals surface area contributed by atoms with E-state index in [0.29, 0.717) is 11.3 Å². The molecule has 0 spiro atoms. The third-order valence-electron chi connectivity index (χ3n) is 3.37. The Morgan fingerprint density at radius 1 is 0.958 bits per heavy atom. The van der Waals surface area contributed by atoms with Crippen molar-refractivity contribution in [3.05, 3.63) is 70.0 Å². The van der Waals surface area contributed by atoms with Gasteiger partial charge >= 0.3 is 6.03 Å². The highest BCUT2D eigenvalue weighted by molar-refractivity contribution is 9.10. The number of carbonyl (C=O) groups is 3. The van der Waals surface area contributed by atoms with Crippen molar-refractivity contribution in [1.29, 1.82) is 0 Å². The molecule has 0 atom stereocenters. The van der Waals surface area contributed by atoms with Crippen LogP contribution >= 0.6 is 15.9 Å². The zero-order valence-electron chi connectivity index (χ0n) is 12.1. The zero-order valence-corrected chi connectivity index (χ0v) is 13.7. The molecule has 1 fully saturated rings. The van der Waals surface area contributed by atoms with E-state index in [1.54, 1.807) is 24.3 Å². The van der Waals surface area contributed by atoms with Crippen LogP contribution in [0.1, 0.15) is 5.56 Å². The summed E-state index contributed by atoms with van der Waals surface area (Å²) < 4.78 is 13.7. The number of barbiturate groups is 1. The van der Waals surface area contributed by atoms with Gasteiger partial charge in [0.25, 0.3) is 11.8 Å². The lowest BCUT2D eigenvalue weighted by Crippen LogP contribution is -2.54. The summed E-state index contributed by atoms with van der Waals surface area (Å²) >= 11 is 3.27. The van der Waals surface area contributed by atoms with Gasteiger partial charge in [-0.3, -0.25) is 14.9 Å². The lowest BCUT2D eigenvalue weighted by molar-refractivity contribution is -0.122. The molecule has 0 bridgehead atoms. The maximum atomic E-state index is 13.0. The predicted molar refractivity (Wildman–Crippen MR) is 89.5 cm³/mol. The van der Waals surface area contributed by atoms with E-state index in [9.17, 15) is 18.8 Å². The highest BCUT2D eigenvalue weighted by atomic mass is 79.9. The molecule has 0 radical (unpaired) electrons. The van der Waals surface area contributed by atoms with Gasteiger partial charge in [-0.25, -0.2) is 14.1 Å². The molecule has 3 rings (SSSR count). The lowest BCUT2D eigenvalue weighted by Gasteiger charge is -2.26. The van der Waals surface area contributed by atoms with Crippen molar-refractivity contribution in [2.45, 2.75) is 0 Å². The van der Waals surface area contributed by atoms with Crippen LogP contribution in [0.2, 0.25) is 0 Å². The van der Waals surface area contributed by atoms with Crippen molar-refractivity contribution in [2.24, 2.45) is 0 Å². The summed E-state index contributed by atoms with van der Waals surface area (Å²) in [6.07, 6.45) is 1.31. The number of anilines is 1. The number of benzene rings is 2. The molecule has 1 aliphatic heterocycles. The van der Waals surface area contributed by atoms with Crippen LogP contribution in [-0.2, 0) is 9.59 Å². The zero-order chi connectivity index (χ0) is 17.3. The standard InChI is InChI=1S/C17H10BrFN2O3/c18-11-3-7-13(8-4-11)21-16(23)14(15(22)20-17(21)24)9-10-1-5-12(19)6-2-10/h1-9H,(H,20,22,24)/b14-9+. The Morgan fingerprint density at radius 3 is 2.21 bits per heavy atom. The summed E-state index contributed by atoms with van der Waals surface area (Å²) in [5.74, 6) is -1.96. The summed E-state index contributed by atoms with van der Waals surface area (Å²) in [7, 11) is 0. The monoisotopic (exact) mass is 388 g/mol. The third-order valence-corrected chi connectivity index (χ3v) is 3.90. The molecule has 5 nitrogen and oxygen atoms in total. The van der Waals surface area contributed by atoms with Crippen molar-refractivity contribution in [1.82, 2.24) is 5.32 Å². The summed E-state index contributed by atoms with van der Waals surface area (Å²) in [5.41, 5.74) is 0.599. The second kappa shape index (κ2) is 6.37. The van der Waals surface area contributed by atoms with Crippen LogP contribution in [0.4, 0.5) is 14.9 Å². The number of halogens is 2. The smallest absolute Gasteiger partial charge is 0.273 e. The highest BCUT2D eigenvalue weighted by Gasteiger charge is 2.36. The second-order valence-electron chi connectivity index (χ2n) is 4.99. The number of nitrogens with zero attached hydrogens (tertiary/aromatic N) is 1. The first-order chi connectivity index (χ1) is 11.5. The van der Waals surface area contributed by atoms with E-state index >= 15 is 0 Å². The number of hydrogen-bond donors (Lipinski definition) is 1. The Hall–Kier alpha value is -2.80. The molecule has 0 aliphatic carbocycles. The SMILES string of the molecule is O=C1NC(=O)N(c2ccc(Br)cc2)C(=O)/C1=C/c1ccc(F)cc1. The molecule has 0 aromatic heterocycles. The predicted octanol–water partition coefficient (Wildman–Crippen LogP) is 3.25. The largest absolute Gasteiger partial charge is 0.335 e. The number of urea groups is 1. The van der Waals surface area contributed by atoms with Crippen molar-refractivity contribution in [3.63, 3.8) is 0 Å². The Bertz CT molecular complexity index is 860. The van der Waals surface area contributed by atoms with Crippen LogP contribution in [0.25, 0.3) is 6.08 Å².